The highest BCUT2D eigenvalue weighted by molar-refractivity contribution is 7.14. The van der Waals surface area contributed by atoms with Crippen LogP contribution in [-0.2, 0) is 9.59 Å². The number of halogens is 1. The van der Waals surface area contributed by atoms with E-state index < -0.39 is 5.92 Å². The minimum atomic E-state index is -0.544. The largest absolute Gasteiger partial charge is 0.495 e. The van der Waals surface area contributed by atoms with Gasteiger partial charge in [-0.3, -0.25) is 14.5 Å². The summed E-state index contributed by atoms with van der Waals surface area (Å²) in [6, 6.07) is 12.6. The van der Waals surface area contributed by atoms with Crippen molar-refractivity contribution >= 4 is 51.3 Å². The molecule has 7 nitrogen and oxygen atoms in total. The Hall–Kier alpha value is -3.10. The van der Waals surface area contributed by atoms with E-state index in [-0.39, 0.29) is 24.8 Å². The van der Waals surface area contributed by atoms with E-state index in [4.69, 9.17) is 21.1 Å². The Morgan fingerprint density at radius 2 is 1.91 bits per heavy atom. The van der Waals surface area contributed by atoms with Crippen LogP contribution in [0.3, 0.4) is 0 Å². The summed E-state index contributed by atoms with van der Waals surface area (Å²) in [5.74, 6) is -0.00669. The minimum Gasteiger partial charge on any atom is -0.495 e. The van der Waals surface area contributed by atoms with Crippen LogP contribution in [0.1, 0.15) is 12.1 Å². The molecule has 0 saturated carbocycles. The topological polar surface area (TPSA) is 72.0 Å². The predicted octanol–water partition coefficient (Wildman–Crippen LogP) is 4.84. The van der Waals surface area contributed by atoms with Crippen molar-refractivity contribution in [2.45, 2.75) is 13.3 Å². The highest BCUT2D eigenvalue weighted by Crippen LogP contribution is 2.41. The lowest BCUT2D eigenvalue weighted by Crippen LogP contribution is -2.34. The Bertz CT molecular complexity index is 1150. The van der Waals surface area contributed by atoms with Crippen molar-refractivity contribution in [2.75, 3.05) is 30.6 Å². The number of aromatic nitrogens is 1. The van der Waals surface area contributed by atoms with Gasteiger partial charge in [0.15, 0.2) is 5.13 Å². The summed E-state index contributed by atoms with van der Waals surface area (Å²) in [6.07, 6.45) is 0.0827. The molecule has 1 atom stereocenters. The molecule has 3 aromatic rings. The number of carbonyl (C=O) groups is 2. The molecule has 2 aromatic carbocycles. The van der Waals surface area contributed by atoms with Crippen molar-refractivity contribution in [1.29, 1.82) is 0 Å². The average molecular weight is 472 g/mol. The smallest absolute Gasteiger partial charge is 0.238 e. The molecule has 0 radical (unpaired) electrons. The van der Waals surface area contributed by atoms with Crippen LogP contribution >= 0.6 is 22.9 Å². The maximum absolute atomic E-state index is 13.6. The van der Waals surface area contributed by atoms with Crippen LogP contribution < -0.4 is 19.3 Å². The molecule has 0 N–H and O–H groups in total. The van der Waals surface area contributed by atoms with Crippen molar-refractivity contribution < 1.29 is 19.1 Å². The normalized spacial score (nSPS) is 15.7. The van der Waals surface area contributed by atoms with Crippen LogP contribution in [0.25, 0.3) is 0 Å². The second-order valence-corrected chi connectivity index (χ2v) is 8.59. The zero-order chi connectivity index (χ0) is 22.8. The Morgan fingerprint density at radius 1 is 1.19 bits per heavy atom. The molecule has 9 heteroatoms. The van der Waals surface area contributed by atoms with Gasteiger partial charge in [0.1, 0.15) is 11.5 Å². The summed E-state index contributed by atoms with van der Waals surface area (Å²) < 4.78 is 10.7. The summed E-state index contributed by atoms with van der Waals surface area (Å²) in [7, 11) is 3.02. The van der Waals surface area contributed by atoms with Gasteiger partial charge in [0, 0.05) is 24.4 Å². The van der Waals surface area contributed by atoms with Gasteiger partial charge >= 0.3 is 0 Å². The van der Waals surface area contributed by atoms with E-state index in [0.29, 0.717) is 33.0 Å². The number of benzene rings is 2. The lowest BCUT2D eigenvalue weighted by atomic mass is 10.1. The number of hydrogen-bond donors (Lipinski definition) is 0. The molecule has 1 saturated heterocycles. The number of hydrogen-bond acceptors (Lipinski definition) is 6. The number of rotatable bonds is 6. The van der Waals surface area contributed by atoms with Crippen LogP contribution in [-0.4, -0.2) is 37.6 Å². The number of anilines is 3. The Kier molecular flexibility index (Phi) is 6.34. The monoisotopic (exact) mass is 471 g/mol. The lowest BCUT2D eigenvalue weighted by Gasteiger charge is -2.24. The van der Waals surface area contributed by atoms with E-state index in [1.54, 1.807) is 21.9 Å². The SMILES string of the molecule is COc1cc(OC)c(N2C[C@H](C(=O)N(c3ccccc3)c3nc(C)cs3)CC2=O)cc1Cl. The standard InChI is InChI=1S/C23H22ClN3O4S/c1-14-13-32-23(25-14)27(16-7-5-4-6-8-16)22(29)15-9-21(28)26(12-15)18-10-17(24)19(30-2)11-20(18)31-3/h4-8,10-11,13,15H,9,12H2,1-3H3/t15-/m1/s1. The first-order valence-electron chi connectivity index (χ1n) is 9.96. The zero-order valence-corrected chi connectivity index (χ0v) is 19.4. The molecule has 32 heavy (non-hydrogen) atoms. The molecular formula is C23H22ClN3O4S. The Balaban J connectivity index is 1.66. The van der Waals surface area contributed by atoms with E-state index in [9.17, 15) is 9.59 Å². The molecular weight excluding hydrogens is 450 g/mol. The quantitative estimate of drug-likeness (QED) is 0.514. The summed E-state index contributed by atoms with van der Waals surface area (Å²) in [6.45, 7) is 2.10. The number of thiazole rings is 1. The van der Waals surface area contributed by atoms with Crippen LogP contribution in [0.5, 0.6) is 11.5 Å². The number of para-hydroxylation sites is 1. The maximum Gasteiger partial charge on any atom is 0.238 e. The van der Waals surface area contributed by atoms with Crippen molar-refractivity contribution in [2.24, 2.45) is 5.92 Å². The number of ether oxygens (including phenoxy) is 2. The van der Waals surface area contributed by atoms with Crippen molar-refractivity contribution in [3.05, 3.63) is 58.6 Å². The molecule has 0 bridgehead atoms. The van der Waals surface area contributed by atoms with Gasteiger partial charge in [-0.1, -0.05) is 29.8 Å². The molecule has 1 fully saturated rings. The molecule has 166 valence electrons. The van der Waals surface area contributed by atoms with E-state index in [1.165, 1.54) is 25.6 Å². The van der Waals surface area contributed by atoms with Crippen molar-refractivity contribution in [3.8, 4) is 11.5 Å². The number of carbonyl (C=O) groups excluding carboxylic acids is 2. The Morgan fingerprint density at radius 3 is 2.53 bits per heavy atom. The van der Waals surface area contributed by atoms with Crippen molar-refractivity contribution in [3.63, 3.8) is 0 Å². The molecule has 4 rings (SSSR count). The molecule has 0 aliphatic carbocycles. The lowest BCUT2D eigenvalue weighted by molar-refractivity contribution is -0.123. The van der Waals surface area contributed by atoms with E-state index >= 15 is 0 Å². The van der Waals surface area contributed by atoms with Gasteiger partial charge in [-0.15, -0.1) is 11.3 Å². The zero-order valence-electron chi connectivity index (χ0n) is 17.9. The van der Waals surface area contributed by atoms with E-state index in [2.05, 4.69) is 4.98 Å². The molecule has 1 aliphatic heterocycles. The summed E-state index contributed by atoms with van der Waals surface area (Å²) in [4.78, 5) is 34.2. The second-order valence-electron chi connectivity index (χ2n) is 7.34. The first kappa shape index (κ1) is 22.1. The second kappa shape index (κ2) is 9.18. The number of aryl methyl sites for hydroxylation is 1. The molecule has 1 aromatic heterocycles. The average Bonchev–Trinajstić information content (AvgIpc) is 3.40. The predicted molar refractivity (Wildman–Crippen MR) is 125 cm³/mol. The summed E-state index contributed by atoms with van der Waals surface area (Å²) >= 11 is 7.69. The van der Waals surface area contributed by atoms with Gasteiger partial charge in [0.05, 0.1) is 42.2 Å². The Labute approximate surface area is 195 Å². The summed E-state index contributed by atoms with van der Waals surface area (Å²) in [5, 5.41) is 2.83. The van der Waals surface area contributed by atoms with E-state index in [0.717, 1.165) is 5.69 Å². The van der Waals surface area contributed by atoms with Crippen LogP contribution in [0.15, 0.2) is 47.8 Å². The molecule has 1 aliphatic rings. The fraction of sp³-hybridized carbons (Fsp3) is 0.261. The summed E-state index contributed by atoms with van der Waals surface area (Å²) in [5.41, 5.74) is 2.05. The maximum atomic E-state index is 13.6. The van der Waals surface area contributed by atoms with Gasteiger partial charge in [-0.2, -0.15) is 0 Å². The molecule has 0 spiro atoms. The van der Waals surface area contributed by atoms with Gasteiger partial charge in [-0.25, -0.2) is 4.98 Å². The van der Waals surface area contributed by atoms with Gasteiger partial charge in [0.2, 0.25) is 11.8 Å². The van der Waals surface area contributed by atoms with Gasteiger partial charge < -0.3 is 14.4 Å². The highest BCUT2D eigenvalue weighted by atomic mass is 35.5. The molecule has 2 heterocycles. The van der Waals surface area contributed by atoms with E-state index in [1.807, 2.05) is 42.6 Å². The third-order valence-corrected chi connectivity index (χ3v) is 6.49. The first-order chi connectivity index (χ1) is 15.4. The number of nitrogens with zero attached hydrogens (tertiary/aromatic N) is 3. The third-order valence-electron chi connectivity index (χ3n) is 5.25. The first-order valence-corrected chi connectivity index (χ1v) is 11.2. The highest BCUT2D eigenvalue weighted by Gasteiger charge is 2.40. The van der Waals surface area contributed by atoms with Gasteiger partial charge in [-0.05, 0) is 25.1 Å². The number of methoxy groups -OCH3 is 2. The molecule has 2 amide bonds. The van der Waals surface area contributed by atoms with Crippen LogP contribution in [0.2, 0.25) is 5.02 Å². The van der Waals surface area contributed by atoms with Gasteiger partial charge in [0.25, 0.3) is 0 Å². The van der Waals surface area contributed by atoms with Crippen LogP contribution in [0, 0.1) is 12.8 Å². The number of amides is 2. The van der Waals surface area contributed by atoms with Crippen LogP contribution in [0.4, 0.5) is 16.5 Å². The fourth-order valence-corrected chi connectivity index (χ4v) is 4.76. The fourth-order valence-electron chi connectivity index (χ4n) is 3.70. The minimum absolute atomic E-state index is 0.0827. The third kappa shape index (κ3) is 4.16. The van der Waals surface area contributed by atoms with Crippen molar-refractivity contribution in [1.82, 2.24) is 4.98 Å². The molecule has 0 unspecified atom stereocenters.